The van der Waals surface area contributed by atoms with Crippen LogP contribution < -0.4 is 15.2 Å². The van der Waals surface area contributed by atoms with Crippen molar-refractivity contribution in [3.05, 3.63) is 58.7 Å². The Morgan fingerprint density at radius 3 is 2.45 bits per heavy atom. The van der Waals surface area contributed by atoms with E-state index < -0.39 is 0 Å². The van der Waals surface area contributed by atoms with E-state index in [1.54, 1.807) is 7.11 Å². The molecule has 2 aromatic carbocycles. The predicted molar refractivity (Wildman–Crippen MR) is 81.1 cm³/mol. The Hall–Kier alpha value is -2.00. The predicted octanol–water partition coefficient (Wildman–Crippen LogP) is 3.35. The first-order valence-corrected chi connectivity index (χ1v) is 6.69. The second kappa shape index (κ2) is 6.44. The molecule has 0 heterocycles. The van der Waals surface area contributed by atoms with Crippen molar-refractivity contribution in [1.82, 2.24) is 0 Å². The first kappa shape index (κ1) is 14.4. The molecule has 20 heavy (non-hydrogen) atoms. The number of methoxy groups -OCH3 is 1. The zero-order valence-electron chi connectivity index (χ0n) is 12.3. The molecule has 106 valence electrons. The third kappa shape index (κ3) is 3.52. The fraction of sp³-hybridized carbons (Fsp3) is 0.294. The molecule has 0 saturated carbocycles. The molecule has 0 radical (unpaired) electrons. The third-order valence-electron chi connectivity index (χ3n) is 3.31. The Labute approximate surface area is 120 Å². The van der Waals surface area contributed by atoms with Crippen molar-refractivity contribution >= 4 is 0 Å². The van der Waals surface area contributed by atoms with Crippen molar-refractivity contribution in [3.8, 4) is 11.5 Å². The average Bonchev–Trinajstić information content (AvgIpc) is 2.47. The largest absolute Gasteiger partial charge is 0.497 e. The second-order valence-corrected chi connectivity index (χ2v) is 4.94. The van der Waals surface area contributed by atoms with Gasteiger partial charge in [-0.25, -0.2) is 0 Å². The molecule has 0 bridgehead atoms. The van der Waals surface area contributed by atoms with Gasteiger partial charge in [0.15, 0.2) is 0 Å². The highest BCUT2D eigenvalue weighted by Crippen LogP contribution is 2.24. The standard InChI is InChI=1S/C17H21NO2/c1-12-4-5-13(2)15(6-12)11-20-17-8-14(10-18)7-16(9-17)19-3/h4-9H,10-11,18H2,1-3H3. The van der Waals surface area contributed by atoms with Gasteiger partial charge in [0.2, 0.25) is 0 Å². The molecule has 0 unspecified atom stereocenters. The summed E-state index contributed by atoms with van der Waals surface area (Å²) in [5.41, 5.74) is 10.4. The topological polar surface area (TPSA) is 44.5 Å². The van der Waals surface area contributed by atoms with Gasteiger partial charge in [-0.2, -0.15) is 0 Å². The maximum Gasteiger partial charge on any atom is 0.123 e. The molecular formula is C17H21NO2. The number of nitrogens with two attached hydrogens (primary N) is 1. The lowest BCUT2D eigenvalue weighted by molar-refractivity contribution is 0.302. The fourth-order valence-electron chi connectivity index (χ4n) is 2.07. The smallest absolute Gasteiger partial charge is 0.123 e. The van der Waals surface area contributed by atoms with Crippen molar-refractivity contribution in [2.45, 2.75) is 27.0 Å². The molecule has 2 N–H and O–H groups in total. The van der Waals surface area contributed by atoms with Crippen LogP contribution in [0.15, 0.2) is 36.4 Å². The maximum atomic E-state index is 5.88. The van der Waals surface area contributed by atoms with Gasteiger partial charge in [-0.1, -0.05) is 23.8 Å². The summed E-state index contributed by atoms with van der Waals surface area (Å²) in [6.07, 6.45) is 0. The highest BCUT2D eigenvalue weighted by atomic mass is 16.5. The monoisotopic (exact) mass is 271 g/mol. The summed E-state index contributed by atoms with van der Waals surface area (Å²) in [7, 11) is 1.64. The van der Waals surface area contributed by atoms with Gasteiger partial charge >= 0.3 is 0 Å². The summed E-state index contributed by atoms with van der Waals surface area (Å²) < 4.78 is 11.1. The van der Waals surface area contributed by atoms with Crippen molar-refractivity contribution in [3.63, 3.8) is 0 Å². The van der Waals surface area contributed by atoms with E-state index in [1.807, 2.05) is 18.2 Å². The van der Waals surface area contributed by atoms with Crippen LogP contribution in [0, 0.1) is 13.8 Å². The maximum absolute atomic E-state index is 5.88. The van der Waals surface area contributed by atoms with Crippen molar-refractivity contribution < 1.29 is 9.47 Å². The van der Waals surface area contributed by atoms with Gasteiger partial charge in [-0.3, -0.25) is 0 Å². The Kier molecular flexibility index (Phi) is 4.64. The van der Waals surface area contributed by atoms with Crippen molar-refractivity contribution in [2.24, 2.45) is 5.73 Å². The molecule has 0 aliphatic rings. The van der Waals surface area contributed by atoms with E-state index in [9.17, 15) is 0 Å². The summed E-state index contributed by atoms with van der Waals surface area (Å²) in [6, 6.07) is 12.1. The number of aryl methyl sites for hydroxylation is 2. The summed E-state index contributed by atoms with van der Waals surface area (Å²) in [6.45, 7) is 5.19. The number of rotatable bonds is 5. The van der Waals surface area contributed by atoms with E-state index >= 15 is 0 Å². The van der Waals surface area contributed by atoms with Crippen LogP contribution in [-0.4, -0.2) is 7.11 Å². The lowest BCUT2D eigenvalue weighted by atomic mass is 10.1. The van der Waals surface area contributed by atoms with E-state index in [-0.39, 0.29) is 0 Å². The van der Waals surface area contributed by atoms with Crippen LogP contribution in [-0.2, 0) is 13.2 Å². The Bertz CT molecular complexity index is 571. The van der Waals surface area contributed by atoms with Gasteiger partial charge in [0.05, 0.1) is 7.11 Å². The van der Waals surface area contributed by atoms with E-state index in [2.05, 4.69) is 32.0 Å². The minimum atomic E-state index is 0.469. The van der Waals surface area contributed by atoms with Crippen molar-refractivity contribution in [1.29, 1.82) is 0 Å². The minimum absolute atomic E-state index is 0.469. The second-order valence-electron chi connectivity index (χ2n) is 4.94. The van der Waals surface area contributed by atoms with Gasteiger partial charge in [0.1, 0.15) is 18.1 Å². The van der Waals surface area contributed by atoms with Gasteiger partial charge in [-0.15, -0.1) is 0 Å². The molecule has 2 aromatic rings. The van der Waals surface area contributed by atoms with Gasteiger partial charge in [-0.05, 0) is 42.7 Å². The number of benzene rings is 2. The highest BCUT2D eigenvalue weighted by Gasteiger charge is 2.04. The molecule has 0 atom stereocenters. The molecular weight excluding hydrogens is 250 g/mol. The lowest BCUT2D eigenvalue weighted by Crippen LogP contribution is -2.01. The van der Waals surface area contributed by atoms with Crippen LogP contribution >= 0.6 is 0 Å². The Morgan fingerprint density at radius 2 is 1.75 bits per heavy atom. The quantitative estimate of drug-likeness (QED) is 0.907. The number of hydrogen-bond donors (Lipinski definition) is 1. The molecule has 0 spiro atoms. The minimum Gasteiger partial charge on any atom is -0.497 e. The molecule has 3 heteroatoms. The summed E-state index contributed by atoms with van der Waals surface area (Å²) in [5, 5.41) is 0. The lowest BCUT2D eigenvalue weighted by Gasteiger charge is -2.12. The van der Waals surface area contributed by atoms with Crippen LogP contribution in [0.4, 0.5) is 0 Å². The summed E-state index contributed by atoms with van der Waals surface area (Å²) in [4.78, 5) is 0. The number of ether oxygens (including phenoxy) is 2. The van der Waals surface area contributed by atoms with Gasteiger partial charge < -0.3 is 15.2 Å². The highest BCUT2D eigenvalue weighted by molar-refractivity contribution is 5.39. The summed E-state index contributed by atoms with van der Waals surface area (Å²) in [5.74, 6) is 1.55. The first-order valence-electron chi connectivity index (χ1n) is 6.69. The van der Waals surface area contributed by atoms with E-state index in [1.165, 1.54) is 16.7 Å². The molecule has 0 amide bonds. The van der Waals surface area contributed by atoms with Gasteiger partial charge in [0.25, 0.3) is 0 Å². The van der Waals surface area contributed by atoms with Crippen LogP contribution in [0.1, 0.15) is 22.3 Å². The van der Waals surface area contributed by atoms with E-state index in [4.69, 9.17) is 15.2 Å². The normalized spacial score (nSPS) is 10.4. The van der Waals surface area contributed by atoms with Crippen LogP contribution in [0.25, 0.3) is 0 Å². The Morgan fingerprint density at radius 1 is 1.00 bits per heavy atom. The molecule has 0 saturated heterocycles. The van der Waals surface area contributed by atoms with E-state index in [0.29, 0.717) is 13.2 Å². The summed E-state index contributed by atoms with van der Waals surface area (Å²) >= 11 is 0. The molecule has 3 nitrogen and oxygen atoms in total. The molecule has 2 rings (SSSR count). The molecule has 0 aromatic heterocycles. The average molecular weight is 271 g/mol. The molecule has 0 fully saturated rings. The zero-order valence-corrected chi connectivity index (χ0v) is 12.3. The molecule has 0 aliphatic heterocycles. The number of hydrogen-bond acceptors (Lipinski definition) is 3. The van der Waals surface area contributed by atoms with Crippen LogP contribution in [0.2, 0.25) is 0 Å². The zero-order chi connectivity index (χ0) is 14.5. The van der Waals surface area contributed by atoms with E-state index in [0.717, 1.165) is 17.1 Å². The third-order valence-corrected chi connectivity index (χ3v) is 3.31. The Balaban J connectivity index is 2.16. The van der Waals surface area contributed by atoms with Crippen molar-refractivity contribution in [2.75, 3.05) is 7.11 Å². The first-order chi connectivity index (χ1) is 9.62. The SMILES string of the molecule is COc1cc(CN)cc(OCc2cc(C)ccc2C)c1. The van der Waals surface area contributed by atoms with Crippen LogP contribution in [0.5, 0.6) is 11.5 Å². The van der Waals surface area contributed by atoms with Crippen LogP contribution in [0.3, 0.4) is 0 Å². The fourth-order valence-corrected chi connectivity index (χ4v) is 2.07. The van der Waals surface area contributed by atoms with Gasteiger partial charge in [0, 0.05) is 12.6 Å². The molecule has 0 aliphatic carbocycles.